The lowest BCUT2D eigenvalue weighted by Gasteiger charge is -2.04. The van der Waals surface area contributed by atoms with Crippen LogP contribution in [0.2, 0.25) is 0 Å². The van der Waals surface area contributed by atoms with Crippen molar-refractivity contribution in [3.63, 3.8) is 0 Å². The van der Waals surface area contributed by atoms with Crippen molar-refractivity contribution in [2.45, 2.75) is 24.4 Å². The predicted molar refractivity (Wildman–Crippen MR) is 85.0 cm³/mol. The van der Waals surface area contributed by atoms with E-state index in [2.05, 4.69) is 10.3 Å². The Labute approximate surface area is 129 Å². The van der Waals surface area contributed by atoms with Gasteiger partial charge in [-0.25, -0.2) is 13.4 Å². The van der Waals surface area contributed by atoms with Crippen LogP contribution in [0.3, 0.4) is 0 Å². The summed E-state index contributed by atoms with van der Waals surface area (Å²) in [5, 5.41) is 6.39. The smallest absolute Gasteiger partial charge is 0.175 e. The summed E-state index contributed by atoms with van der Waals surface area (Å²) in [4.78, 5) is 4.82. The highest BCUT2D eigenvalue weighted by Gasteiger charge is 2.06. The van der Waals surface area contributed by atoms with Gasteiger partial charge >= 0.3 is 0 Å². The van der Waals surface area contributed by atoms with Crippen LogP contribution in [-0.2, 0) is 29.3 Å². The Bertz CT molecular complexity index is 678. The molecule has 114 valence electrons. The van der Waals surface area contributed by atoms with Crippen molar-refractivity contribution >= 4 is 21.2 Å². The first-order valence-corrected chi connectivity index (χ1v) is 9.39. The predicted octanol–water partition coefficient (Wildman–Crippen LogP) is 1.34. The van der Waals surface area contributed by atoms with Gasteiger partial charge in [-0.2, -0.15) is 0 Å². The highest BCUT2D eigenvalue weighted by atomic mass is 32.2. The van der Waals surface area contributed by atoms with Crippen LogP contribution in [0, 0.1) is 0 Å². The maximum absolute atomic E-state index is 11.4. The first-order chi connectivity index (χ1) is 9.99. The molecule has 1 aromatic carbocycles. The van der Waals surface area contributed by atoms with E-state index < -0.39 is 9.84 Å². The van der Waals surface area contributed by atoms with Crippen molar-refractivity contribution < 1.29 is 8.42 Å². The Hall–Kier alpha value is -1.28. The minimum absolute atomic E-state index is 0.345. The van der Waals surface area contributed by atoms with Crippen molar-refractivity contribution in [2.75, 3.05) is 12.8 Å². The molecule has 1 heterocycles. The van der Waals surface area contributed by atoms with E-state index in [0.29, 0.717) is 24.5 Å². The Balaban J connectivity index is 1.85. The third-order valence-corrected chi connectivity index (χ3v) is 5.03. The molecule has 2 rings (SSSR count). The minimum atomic E-state index is -3.13. The number of aromatic nitrogens is 1. The molecule has 0 radical (unpaired) electrons. The van der Waals surface area contributed by atoms with Crippen LogP contribution in [0.4, 0.5) is 0 Å². The third kappa shape index (κ3) is 4.89. The molecule has 0 bridgehead atoms. The molecule has 3 N–H and O–H groups in total. The zero-order valence-electron chi connectivity index (χ0n) is 11.9. The lowest BCUT2D eigenvalue weighted by Crippen LogP contribution is -2.13. The van der Waals surface area contributed by atoms with Crippen LogP contribution in [0.1, 0.15) is 16.3 Å². The molecule has 0 saturated carbocycles. The van der Waals surface area contributed by atoms with Gasteiger partial charge in [0, 0.05) is 31.1 Å². The van der Waals surface area contributed by atoms with Gasteiger partial charge in [0.15, 0.2) is 9.84 Å². The van der Waals surface area contributed by atoms with Crippen molar-refractivity contribution in [3.05, 3.63) is 45.9 Å². The maximum atomic E-state index is 11.4. The number of sulfone groups is 1. The number of nitrogens with two attached hydrogens (primary N) is 1. The molecule has 0 aliphatic heterocycles. The van der Waals surface area contributed by atoms with E-state index in [9.17, 15) is 8.42 Å². The van der Waals surface area contributed by atoms with Crippen LogP contribution < -0.4 is 11.1 Å². The fraction of sp³-hybridized carbons (Fsp3) is 0.357. The van der Waals surface area contributed by atoms with Gasteiger partial charge in [0.25, 0.3) is 0 Å². The van der Waals surface area contributed by atoms with E-state index in [4.69, 9.17) is 5.73 Å². The fourth-order valence-corrected chi connectivity index (χ4v) is 3.30. The molecule has 0 saturated heterocycles. The molecule has 2 aromatic rings. The van der Waals surface area contributed by atoms with Gasteiger partial charge in [0.1, 0.15) is 0 Å². The third-order valence-electron chi connectivity index (χ3n) is 2.94. The molecule has 0 amide bonds. The highest BCUT2D eigenvalue weighted by molar-refractivity contribution is 7.90. The second-order valence-corrected chi connectivity index (χ2v) is 7.75. The maximum Gasteiger partial charge on any atom is 0.175 e. The van der Waals surface area contributed by atoms with Gasteiger partial charge in [-0.15, -0.1) is 11.3 Å². The van der Waals surface area contributed by atoms with Gasteiger partial charge in [0.2, 0.25) is 0 Å². The first-order valence-electron chi connectivity index (χ1n) is 6.62. The van der Waals surface area contributed by atoms with Crippen LogP contribution in [0.15, 0.2) is 34.5 Å². The molecule has 1 aromatic heterocycles. The molecule has 7 heteroatoms. The molecular formula is C14H19N3O2S2. The molecule has 21 heavy (non-hydrogen) atoms. The number of nitrogens with zero attached hydrogens (tertiary/aromatic N) is 1. The number of benzene rings is 1. The largest absolute Gasteiger partial charge is 0.330 e. The lowest BCUT2D eigenvalue weighted by atomic mass is 10.2. The second-order valence-electron chi connectivity index (χ2n) is 4.79. The van der Waals surface area contributed by atoms with Crippen molar-refractivity contribution in [1.29, 1.82) is 0 Å². The summed E-state index contributed by atoms with van der Waals surface area (Å²) >= 11 is 1.63. The minimum Gasteiger partial charge on any atom is -0.330 e. The summed E-state index contributed by atoms with van der Waals surface area (Å²) in [6.07, 6.45) is 2.03. The molecule has 5 nitrogen and oxygen atoms in total. The van der Waals surface area contributed by atoms with Gasteiger partial charge in [-0.3, -0.25) is 0 Å². The van der Waals surface area contributed by atoms with E-state index in [1.807, 2.05) is 17.5 Å². The normalized spacial score (nSPS) is 11.7. The molecule has 0 unspecified atom stereocenters. The average molecular weight is 325 g/mol. The summed E-state index contributed by atoms with van der Waals surface area (Å²) in [5.41, 5.74) is 7.55. The monoisotopic (exact) mass is 325 g/mol. The van der Waals surface area contributed by atoms with Gasteiger partial charge in [-0.05, 0) is 24.2 Å². The van der Waals surface area contributed by atoms with Crippen molar-refractivity contribution in [1.82, 2.24) is 10.3 Å². The van der Waals surface area contributed by atoms with E-state index >= 15 is 0 Å². The molecular weight excluding hydrogens is 306 g/mol. The van der Waals surface area contributed by atoms with Gasteiger partial charge in [0.05, 0.1) is 15.6 Å². The second kappa shape index (κ2) is 7.13. The quantitative estimate of drug-likeness (QED) is 0.802. The number of hydrogen-bond donors (Lipinski definition) is 2. The van der Waals surface area contributed by atoms with Crippen LogP contribution in [0.25, 0.3) is 0 Å². The van der Waals surface area contributed by atoms with Crippen LogP contribution >= 0.6 is 11.3 Å². The van der Waals surface area contributed by atoms with E-state index in [0.717, 1.165) is 22.7 Å². The fourth-order valence-electron chi connectivity index (χ4n) is 1.86. The van der Waals surface area contributed by atoms with Crippen LogP contribution in [0.5, 0.6) is 0 Å². The molecule has 0 aliphatic rings. The number of thiazole rings is 1. The van der Waals surface area contributed by atoms with Crippen LogP contribution in [-0.4, -0.2) is 26.2 Å². The summed E-state index contributed by atoms with van der Waals surface area (Å²) in [7, 11) is -3.13. The zero-order chi connectivity index (χ0) is 15.3. The Morgan fingerprint density at radius 1 is 1.24 bits per heavy atom. The summed E-state index contributed by atoms with van der Waals surface area (Å²) in [6, 6.07) is 6.91. The summed E-state index contributed by atoms with van der Waals surface area (Å²) in [6.45, 7) is 1.98. The topological polar surface area (TPSA) is 85.1 Å². The molecule has 0 atom stereocenters. The Kier molecular flexibility index (Phi) is 5.46. The highest BCUT2D eigenvalue weighted by Crippen LogP contribution is 2.12. The van der Waals surface area contributed by atoms with E-state index in [1.165, 1.54) is 6.26 Å². The Morgan fingerprint density at radius 2 is 1.95 bits per heavy atom. The van der Waals surface area contributed by atoms with Gasteiger partial charge in [-0.1, -0.05) is 12.1 Å². The van der Waals surface area contributed by atoms with E-state index in [1.54, 1.807) is 23.5 Å². The Morgan fingerprint density at radius 3 is 2.57 bits per heavy atom. The number of nitrogens with one attached hydrogen (secondary N) is 1. The lowest BCUT2D eigenvalue weighted by molar-refractivity contribution is 0.602. The number of rotatable bonds is 7. The summed E-state index contributed by atoms with van der Waals surface area (Å²) in [5.74, 6) is 0. The van der Waals surface area contributed by atoms with E-state index in [-0.39, 0.29) is 0 Å². The van der Waals surface area contributed by atoms with Crippen molar-refractivity contribution in [2.24, 2.45) is 5.73 Å². The molecule has 0 spiro atoms. The standard InChI is InChI=1S/C14H19N3O2S2/c1-21(18,19)13-4-2-11(3-5-13)8-16-9-12-10-20-14(17-12)6-7-15/h2-5,10,16H,6-9,15H2,1H3. The first kappa shape index (κ1) is 16.1. The van der Waals surface area contributed by atoms with Crippen molar-refractivity contribution in [3.8, 4) is 0 Å². The SMILES string of the molecule is CS(=O)(=O)c1ccc(CNCc2csc(CCN)n2)cc1. The molecule has 0 aliphatic carbocycles. The van der Waals surface area contributed by atoms with Gasteiger partial charge < -0.3 is 11.1 Å². The zero-order valence-corrected chi connectivity index (χ0v) is 13.5. The number of hydrogen-bond acceptors (Lipinski definition) is 6. The summed E-state index contributed by atoms with van der Waals surface area (Å²) < 4.78 is 22.7. The molecule has 0 fully saturated rings. The average Bonchev–Trinajstić information content (AvgIpc) is 2.86.